The Labute approximate surface area is 138 Å². The van der Waals surface area contributed by atoms with Crippen LogP contribution in [0.5, 0.6) is 0 Å². The molecule has 1 heterocycles. The van der Waals surface area contributed by atoms with Crippen molar-refractivity contribution in [3.05, 3.63) is 40.0 Å². The standard InChI is InChI=1S/C16H19BrN4O/c1-10-2-5-13(12(17)8-10)19-15-9-14(11-3-4-11)20-16(21-15)18-6-7-22/h2,5,8-9,11,22H,3-4,6-7H2,1H3,(H2,18,19,20,21). The Kier molecular flexibility index (Phi) is 4.59. The summed E-state index contributed by atoms with van der Waals surface area (Å²) in [5, 5.41) is 15.3. The van der Waals surface area contributed by atoms with Crippen molar-refractivity contribution in [2.75, 3.05) is 23.8 Å². The lowest BCUT2D eigenvalue weighted by Gasteiger charge is -2.12. The fourth-order valence-corrected chi connectivity index (χ4v) is 2.82. The average molecular weight is 363 g/mol. The molecule has 0 bridgehead atoms. The van der Waals surface area contributed by atoms with E-state index in [0.29, 0.717) is 18.4 Å². The first-order valence-electron chi connectivity index (χ1n) is 7.42. The van der Waals surface area contributed by atoms with Crippen LogP contribution in [-0.4, -0.2) is 28.2 Å². The monoisotopic (exact) mass is 362 g/mol. The van der Waals surface area contributed by atoms with E-state index in [1.54, 1.807) is 0 Å². The molecule has 1 aliphatic rings. The first kappa shape index (κ1) is 15.2. The third kappa shape index (κ3) is 3.75. The second-order valence-electron chi connectivity index (χ2n) is 5.53. The van der Waals surface area contributed by atoms with Crippen molar-refractivity contribution in [1.82, 2.24) is 9.97 Å². The minimum absolute atomic E-state index is 0.0588. The largest absolute Gasteiger partial charge is 0.395 e. The van der Waals surface area contributed by atoms with Crippen molar-refractivity contribution < 1.29 is 5.11 Å². The number of nitrogens with zero attached hydrogens (tertiary/aromatic N) is 2. The van der Waals surface area contributed by atoms with Gasteiger partial charge in [-0.3, -0.25) is 0 Å². The van der Waals surface area contributed by atoms with Crippen LogP contribution in [0.3, 0.4) is 0 Å². The molecule has 0 amide bonds. The number of hydrogen-bond acceptors (Lipinski definition) is 5. The van der Waals surface area contributed by atoms with E-state index in [2.05, 4.69) is 55.6 Å². The summed E-state index contributed by atoms with van der Waals surface area (Å²) >= 11 is 3.57. The molecule has 0 saturated heterocycles. The lowest BCUT2D eigenvalue weighted by atomic mass is 10.2. The van der Waals surface area contributed by atoms with E-state index in [-0.39, 0.29) is 6.61 Å². The molecule has 0 spiro atoms. The first-order valence-corrected chi connectivity index (χ1v) is 8.22. The van der Waals surface area contributed by atoms with Gasteiger partial charge in [0.15, 0.2) is 0 Å². The number of aliphatic hydroxyl groups excluding tert-OH is 1. The molecular weight excluding hydrogens is 344 g/mol. The van der Waals surface area contributed by atoms with Crippen LogP contribution in [0.4, 0.5) is 17.5 Å². The normalized spacial score (nSPS) is 14.0. The number of nitrogens with one attached hydrogen (secondary N) is 2. The third-order valence-electron chi connectivity index (χ3n) is 3.52. The van der Waals surface area contributed by atoms with Gasteiger partial charge in [-0.1, -0.05) is 6.07 Å². The SMILES string of the molecule is Cc1ccc(Nc2cc(C3CC3)nc(NCCO)n2)c(Br)c1. The fraction of sp³-hybridized carbons (Fsp3) is 0.375. The van der Waals surface area contributed by atoms with E-state index < -0.39 is 0 Å². The van der Waals surface area contributed by atoms with Crippen LogP contribution < -0.4 is 10.6 Å². The van der Waals surface area contributed by atoms with Crippen molar-refractivity contribution in [2.45, 2.75) is 25.7 Å². The predicted octanol–water partition coefficient (Wildman–Crippen LogP) is 3.57. The molecule has 116 valence electrons. The second kappa shape index (κ2) is 6.62. The molecule has 3 N–H and O–H groups in total. The van der Waals surface area contributed by atoms with Gasteiger partial charge in [-0.25, -0.2) is 4.98 Å². The van der Waals surface area contributed by atoms with Gasteiger partial charge in [0.05, 0.1) is 18.0 Å². The van der Waals surface area contributed by atoms with E-state index in [9.17, 15) is 0 Å². The van der Waals surface area contributed by atoms with Crippen LogP contribution in [0, 0.1) is 6.92 Å². The molecule has 1 aliphatic carbocycles. The van der Waals surface area contributed by atoms with Crippen LogP contribution in [0.1, 0.15) is 30.0 Å². The maximum atomic E-state index is 8.95. The fourth-order valence-electron chi connectivity index (χ4n) is 2.22. The second-order valence-corrected chi connectivity index (χ2v) is 6.39. The molecule has 1 fully saturated rings. The summed E-state index contributed by atoms with van der Waals surface area (Å²) in [6.45, 7) is 2.56. The predicted molar refractivity (Wildman–Crippen MR) is 91.7 cm³/mol. The smallest absolute Gasteiger partial charge is 0.224 e. The van der Waals surface area contributed by atoms with Crippen molar-refractivity contribution >= 4 is 33.4 Å². The Morgan fingerprint density at radius 1 is 1.27 bits per heavy atom. The third-order valence-corrected chi connectivity index (χ3v) is 4.18. The van der Waals surface area contributed by atoms with Gasteiger partial charge in [-0.15, -0.1) is 0 Å². The molecule has 1 aromatic carbocycles. The topological polar surface area (TPSA) is 70.1 Å². The van der Waals surface area contributed by atoms with Gasteiger partial charge in [-0.2, -0.15) is 4.98 Å². The van der Waals surface area contributed by atoms with Gasteiger partial charge < -0.3 is 15.7 Å². The maximum Gasteiger partial charge on any atom is 0.224 e. The summed E-state index contributed by atoms with van der Waals surface area (Å²) in [4.78, 5) is 9.00. The highest BCUT2D eigenvalue weighted by Gasteiger charge is 2.26. The van der Waals surface area contributed by atoms with Crippen molar-refractivity contribution in [1.29, 1.82) is 0 Å². The number of anilines is 3. The zero-order valence-electron chi connectivity index (χ0n) is 12.4. The Hall–Kier alpha value is -1.66. The Balaban J connectivity index is 1.86. The van der Waals surface area contributed by atoms with Crippen molar-refractivity contribution in [3.63, 3.8) is 0 Å². The van der Waals surface area contributed by atoms with E-state index in [1.165, 1.54) is 18.4 Å². The molecule has 0 unspecified atom stereocenters. The lowest BCUT2D eigenvalue weighted by Crippen LogP contribution is -2.10. The van der Waals surface area contributed by atoms with Crippen LogP contribution in [0.25, 0.3) is 0 Å². The molecule has 1 saturated carbocycles. The van der Waals surface area contributed by atoms with Crippen LogP contribution in [0.2, 0.25) is 0 Å². The molecule has 2 aromatic rings. The molecule has 0 atom stereocenters. The number of halogens is 1. The molecule has 22 heavy (non-hydrogen) atoms. The highest BCUT2D eigenvalue weighted by atomic mass is 79.9. The average Bonchev–Trinajstić information content (AvgIpc) is 3.33. The quantitative estimate of drug-likeness (QED) is 0.732. The lowest BCUT2D eigenvalue weighted by molar-refractivity contribution is 0.311. The van der Waals surface area contributed by atoms with Gasteiger partial charge in [0.2, 0.25) is 5.95 Å². The van der Waals surface area contributed by atoms with Crippen LogP contribution >= 0.6 is 15.9 Å². The summed E-state index contributed by atoms with van der Waals surface area (Å²) in [6, 6.07) is 8.16. The number of aryl methyl sites for hydroxylation is 1. The minimum atomic E-state index is 0.0588. The van der Waals surface area contributed by atoms with Gasteiger partial charge in [-0.05, 0) is 53.4 Å². The van der Waals surface area contributed by atoms with E-state index >= 15 is 0 Å². The maximum absolute atomic E-state index is 8.95. The van der Waals surface area contributed by atoms with Gasteiger partial charge in [0, 0.05) is 23.0 Å². The molecule has 5 nitrogen and oxygen atoms in total. The number of aromatic nitrogens is 2. The van der Waals surface area contributed by atoms with Gasteiger partial charge >= 0.3 is 0 Å². The molecule has 6 heteroatoms. The van der Waals surface area contributed by atoms with Gasteiger partial charge in [0.25, 0.3) is 0 Å². The van der Waals surface area contributed by atoms with E-state index in [0.717, 1.165) is 21.7 Å². The summed E-state index contributed by atoms with van der Waals surface area (Å²) in [6.07, 6.45) is 2.37. The molecule has 1 aromatic heterocycles. The van der Waals surface area contributed by atoms with Gasteiger partial charge in [0.1, 0.15) is 5.82 Å². The number of benzene rings is 1. The zero-order chi connectivity index (χ0) is 15.5. The Bertz CT molecular complexity index is 673. The highest BCUT2D eigenvalue weighted by molar-refractivity contribution is 9.10. The van der Waals surface area contributed by atoms with Crippen LogP contribution in [0.15, 0.2) is 28.7 Å². The zero-order valence-corrected chi connectivity index (χ0v) is 14.0. The highest BCUT2D eigenvalue weighted by Crippen LogP contribution is 2.40. The van der Waals surface area contributed by atoms with E-state index in [1.807, 2.05) is 12.1 Å². The summed E-state index contributed by atoms with van der Waals surface area (Å²) in [5.74, 6) is 1.87. The van der Waals surface area contributed by atoms with Crippen LogP contribution in [-0.2, 0) is 0 Å². The van der Waals surface area contributed by atoms with Crippen molar-refractivity contribution in [2.24, 2.45) is 0 Å². The minimum Gasteiger partial charge on any atom is -0.395 e. The number of aliphatic hydroxyl groups is 1. The molecule has 0 aliphatic heterocycles. The van der Waals surface area contributed by atoms with Crippen molar-refractivity contribution in [3.8, 4) is 0 Å². The summed E-state index contributed by atoms with van der Waals surface area (Å²) < 4.78 is 1.00. The molecular formula is C16H19BrN4O. The Morgan fingerprint density at radius 2 is 2.09 bits per heavy atom. The summed E-state index contributed by atoms with van der Waals surface area (Å²) in [5.41, 5.74) is 3.23. The number of hydrogen-bond donors (Lipinski definition) is 3. The Morgan fingerprint density at radius 3 is 2.77 bits per heavy atom. The molecule has 0 radical (unpaired) electrons. The first-order chi connectivity index (χ1) is 10.7. The molecule has 3 rings (SSSR count). The van der Waals surface area contributed by atoms with E-state index in [4.69, 9.17) is 5.11 Å². The summed E-state index contributed by atoms with van der Waals surface area (Å²) in [7, 11) is 0. The number of rotatable bonds is 6.